The number of carbonyl (C=O) groups excluding carboxylic acids is 1. The number of hydrogen-bond acceptors (Lipinski definition) is 2. The quantitative estimate of drug-likeness (QED) is 0.802. The number of pyridine rings is 1. The fraction of sp³-hybridized carbons (Fsp3) is 0.0769. The van der Waals surface area contributed by atoms with Crippen molar-refractivity contribution in [3.05, 3.63) is 65.5 Å². The molecule has 0 unspecified atom stereocenters. The molecule has 0 fully saturated rings. The third-order valence-electron chi connectivity index (χ3n) is 2.33. The van der Waals surface area contributed by atoms with Gasteiger partial charge in [0.25, 0.3) is 0 Å². The molecular weight excluding hydrogens is 265 g/mol. The van der Waals surface area contributed by atoms with Crippen LogP contribution in [0.5, 0.6) is 0 Å². The van der Waals surface area contributed by atoms with Crippen LogP contribution in [0.15, 0.2) is 48.7 Å². The summed E-state index contributed by atoms with van der Waals surface area (Å²) in [5.41, 5.74) is 2.70. The first-order chi connectivity index (χ1) is 7.77. The second kappa shape index (κ2) is 5.06. The van der Waals surface area contributed by atoms with Crippen LogP contribution in [0.1, 0.15) is 21.6 Å². The molecule has 1 aromatic heterocycles. The molecule has 16 heavy (non-hydrogen) atoms. The monoisotopic (exact) mass is 276 g/mol. The van der Waals surface area contributed by atoms with Crippen LogP contribution in [0.4, 0.5) is 0 Å². The van der Waals surface area contributed by atoms with Crippen molar-refractivity contribution in [1.82, 2.24) is 4.98 Å². The zero-order valence-corrected chi connectivity index (χ0v) is 10.3. The van der Waals surface area contributed by atoms with Crippen LogP contribution in [0.3, 0.4) is 0 Å². The van der Waals surface area contributed by atoms with Gasteiger partial charge in [0.05, 0.1) is 0 Å². The van der Waals surface area contributed by atoms with Gasteiger partial charge in [0.15, 0.2) is 0 Å². The van der Waals surface area contributed by atoms with Gasteiger partial charge in [-0.25, -0.2) is 0 Å². The summed E-state index contributed by atoms with van der Waals surface area (Å²) in [5, 5.41) is 0. The molecule has 0 spiro atoms. The van der Waals surface area contributed by atoms with E-state index in [4.69, 9.17) is 0 Å². The molecule has 0 saturated carbocycles. The molecule has 3 heteroatoms. The fourth-order valence-corrected chi connectivity index (χ4v) is 1.99. The molecule has 0 amide bonds. The molecule has 1 heterocycles. The van der Waals surface area contributed by atoms with Crippen LogP contribution < -0.4 is 0 Å². The van der Waals surface area contributed by atoms with Gasteiger partial charge in [0.2, 0.25) is 0 Å². The van der Waals surface area contributed by atoms with E-state index in [1.54, 1.807) is 6.20 Å². The molecular formula is C13H10NOSe. The Morgan fingerprint density at radius 3 is 2.56 bits per heavy atom. The van der Waals surface area contributed by atoms with E-state index in [-0.39, 0.29) is 4.68 Å². The van der Waals surface area contributed by atoms with Gasteiger partial charge in [-0.05, 0) is 0 Å². The molecule has 0 aliphatic heterocycles. The van der Waals surface area contributed by atoms with Crippen LogP contribution in [0.2, 0.25) is 0 Å². The standard InChI is InChI=1S/C13H10NOSe/c15-13(16)12-7-2-1-5-10(12)9-11-6-3-4-8-14-11/h1-8H,9H2. The van der Waals surface area contributed by atoms with Crippen LogP contribution in [-0.4, -0.2) is 25.7 Å². The molecule has 0 bridgehead atoms. The average Bonchev–Trinajstić information content (AvgIpc) is 2.31. The van der Waals surface area contributed by atoms with Gasteiger partial charge >= 0.3 is 102 Å². The number of aromatic nitrogens is 1. The van der Waals surface area contributed by atoms with E-state index < -0.39 is 0 Å². The summed E-state index contributed by atoms with van der Waals surface area (Å²) in [6.07, 6.45) is 2.45. The summed E-state index contributed by atoms with van der Waals surface area (Å²) in [6.45, 7) is 0. The predicted molar refractivity (Wildman–Crippen MR) is 63.6 cm³/mol. The van der Waals surface area contributed by atoms with Crippen molar-refractivity contribution in [2.45, 2.75) is 6.42 Å². The van der Waals surface area contributed by atoms with Crippen LogP contribution >= 0.6 is 0 Å². The third-order valence-corrected chi connectivity index (χ3v) is 2.80. The molecule has 2 aromatic rings. The topological polar surface area (TPSA) is 30.0 Å². The zero-order chi connectivity index (χ0) is 11.4. The molecule has 2 nitrogen and oxygen atoms in total. The second-order valence-electron chi connectivity index (χ2n) is 3.44. The minimum atomic E-state index is -0.0217. The van der Waals surface area contributed by atoms with Gasteiger partial charge < -0.3 is 0 Å². The van der Waals surface area contributed by atoms with Crippen molar-refractivity contribution in [2.24, 2.45) is 0 Å². The van der Waals surface area contributed by atoms with Gasteiger partial charge in [0.1, 0.15) is 0 Å². The van der Waals surface area contributed by atoms with E-state index >= 15 is 0 Å². The summed E-state index contributed by atoms with van der Waals surface area (Å²) in [7, 11) is 0. The number of hydrogen-bond donors (Lipinski definition) is 0. The summed E-state index contributed by atoms with van der Waals surface area (Å²) >= 11 is 2.52. The summed E-state index contributed by atoms with van der Waals surface area (Å²) in [4.78, 5) is 15.6. The molecule has 0 saturated heterocycles. The van der Waals surface area contributed by atoms with Crippen molar-refractivity contribution in [3.8, 4) is 0 Å². The molecule has 79 valence electrons. The Morgan fingerprint density at radius 1 is 1.12 bits per heavy atom. The Kier molecular flexibility index (Phi) is 3.50. The van der Waals surface area contributed by atoms with Crippen LogP contribution in [0, 0.1) is 0 Å². The Balaban J connectivity index is 2.31. The van der Waals surface area contributed by atoms with E-state index in [0.717, 1.165) is 16.8 Å². The van der Waals surface area contributed by atoms with Gasteiger partial charge in [-0.2, -0.15) is 0 Å². The molecule has 0 aliphatic rings. The average molecular weight is 275 g/mol. The van der Waals surface area contributed by atoms with Crippen LogP contribution in [-0.2, 0) is 6.42 Å². The van der Waals surface area contributed by atoms with E-state index in [9.17, 15) is 4.79 Å². The minimum absolute atomic E-state index is 0.0217. The zero-order valence-electron chi connectivity index (χ0n) is 8.59. The molecule has 0 atom stereocenters. The maximum absolute atomic E-state index is 11.4. The molecule has 1 radical (unpaired) electrons. The first-order valence-electron chi connectivity index (χ1n) is 4.96. The van der Waals surface area contributed by atoms with E-state index in [0.29, 0.717) is 6.42 Å². The van der Waals surface area contributed by atoms with Gasteiger partial charge in [-0.1, -0.05) is 0 Å². The van der Waals surface area contributed by atoms with E-state index in [1.807, 2.05) is 42.5 Å². The third kappa shape index (κ3) is 2.57. The first kappa shape index (κ1) is 11.1. The number of carbonyl (C=O) groups is 1. The van der Waals surface area contributed by atoms with Gasteiger partial charge in [0, 0.05) is 0 Å². The predicted octanol–water partition coefficient (Wildman–Crippen LogP) is 1.98. The number of rotatable bonds is 3. The van der Waals surface area contributed by atoms with Crippen molar-refractivity contribution >= 4 is 20.7 Å². The maximum atomic E-state index is 11.4. The van der Waals surface area contributed by atoms with Crippen LogP contribution in [0.25, 0.3) is 0 Å². The fourth-order valence-electron chi connectivity index (χ4n) is 1.57. The summed E-state index contributed by atoms with van der Waals surface area (Å²) in [6, 6.07) is 13.4. The van der Waals surface area contributed by atoms with Crippen molar-refractivity contribution < 1.29 is 4.79 Å². The summed E-state index contributed by atoms with van der Waals surface area (Å²) in [5.74, 6) is 0. The normalized spacial score (nSPS) is 10.0. The molecule has 2 rings (SSSR count). The first-order valence-corrected chi connectivity index (χ1v) is 5.82. The SMILES string of the molecule is O=C([Se])c1ccccc1Cc1ccccn1. The Labute approximate surface area is 103 Å². The van der Waals surface area contributed by atoms with Crippen molar-refractivity contribution in [1.29, 1.82) is 0 Å². The second-order valence-corrected chi connectivity index (χ2v) is 4.22. The molecule has 0 aliphatic carbocycles. The van der Waals surface area contributed by atoms with Crippen molar-refractivity contribution in [3.63, 3.8) is 0 Å². The summed E-state index contributed by atoms with van der Waals surface area (Å²) < 4.78 is -0.0217. The Morgan fingerprint density at radius 2 is 1.88 bits per heavy atom. The van der Waals surface area contributed by atoms with Gasteiger partial charge in [-0.3, -0.25) is 0 Å². The number of nitrogens with zero attached hydrogens (tertiary/aromatic N) is 1. The van der Waals surface area contributed by atoms with Crippen molar-refractivity contribution in [2.75, 3.05) is 0 Å². The molecule has 1 aromatic carbocycles. The van der Waals surface area contributed by atoms with E-state index in [2.05, 4.69) is 21.0 Å². The molecule has 0 N–H and O–H groups in total. The Hall–Kier alpha value is -1.44. The van der Waals surface area contributed by atoms with E-state index in [1.165, 1.54) is 0 Å². The number of benzene rings is 1. The van der Waals surface area contributed by atoms with Gasteiger partial charge in [-0.15, -0.1) is 0 Å². The Bertz CT molecular complexity index is 496.